The molecule has 38 heavy (non-hydrogen) atoms. The molecule has 0 radical (unpaired) electrons. The fraction of sp³-hybridized carbons (Fsp3) is 0.379. The van der Waals surface area contributed by atoms with Gasteiger partial charge in [-0.2, -0.15) is 5.26 Å². The van der Waals surface area contributed by atoms with Crippen LogP contribution in [0.2, 0.25) is 10.0 Å². The Balaban J connectivity index is 1.45. The molecule has 1 atom stereocenters. The van der Waals surface area contributed by atoms with Crippen molar-refractivity contribution in [2.45, 2.75) is 51.7 Å². The van der Waals surface area contributed by atoms with Gasteiger partial charge < -0.3 is 9.45 Å². The molecule has 1 unspecified atom stereocenters. The minimum absolute atomic E-state index is 0.178. The summed E-state index contributed by atoms with van der Waals surface area (Å²) in [6, 6.07) is 15.9. The summed E-state index contributed by atoms with van der Waals surface area (Å²) in [7, 11) is 0. The van der Waals surface area contributed by atoms with E-state index in [4.69, 9.17) is 32.6 Å². The minimum Gasteiger partial charge on any atom is -0.591 e. The zero-order chi connectivity index (χ0) is 27.2. The van der Waals surface area contributed by atoms with Gasteiger partial charge in [0.1, 0.15) is 27.9 Å². The van der Waals surface area contributed by atoms with Crippen LogP contribution in [0.5, 0.6) is 0 Å². The topological polar surface area (TPSA) is 88.2 Å². The smallest absolute Gasteiger partial charge is 0.226 e. The molecule has 1 fully saturated rings. The van der Waals surface area contributed by atoms with E-state index in [2.05, 4.69) is 34.2 Å². The van der Waals surface area contributed by atoms with Crippen molar-refractivity contribution in [1.29, 1.82) is 5.26 Å². The van der Waals surface area contributed by atoms with Crippen LogP contribution >= 0.6 is 23.2 Å². The van der Waals surface area contributed by atoms with Crippen LogP contribution in [0, 0.1) is 23.7 Å². The van der Waals surface area contributed by atoms with Crippen LogP contribution in [0.4, 0.5) is 5.95 Å². The first-order valence-electron chi connectivity index (χ1n) is 12.6. The summed E-state index contributed by atoms with van der Waals surface area (Å²) in [6.45, 7) is 9.14. The lowest BCUT2D eigenvalue weighted by molar-refractivity contribution is 0.329. The predicted octanol–water partition coefficient (Wildman–Crippen LogP) is 6.72. The first-order valence-corrected chi connectivity index (χ1v) is 14.5. The van der Waals surface area contributed by atoms with Crippen LogP contribution in [0.3, 0.4) is 0 Å². The van der Waals surface area contributed by atoms with Crippen LogP contribution in [0.1, 0.15) is 56.1 Å². The number of nitrogens with zero attached hydrogens (tertiary/aromatic N) is 5. The fourth-order valence-corrected chi connectivity index (χ4v) is 6.48. The van der Waals surface area contributed by atoms with E-state index in [0.29, 0.717) is 45.9 Å². The van der Waals surface area contributed by atoms with Crippen LogP contribution in [0.15, 0.2) is 46.9 Å². The number of halogens is 2. The Bertz CT molecular complexity index is 1470. The van der Waals surface area contributed by atoms with Crippen molar-refractivity contribution >= 4 is 46.2 Å². The molecule has 2 heterocycles. The molecule has 1 aliphatic carbocycles. The number of benzene rings is 2. The third-order valence-electron chi connectivity index (χ3n) is 7.41. The van der Waals surface area contributed by atoms with Gasteiger partial charge in [-0.3, -0.25) is 0 Å². The van der Waals surface area contributed by atoms with E-state index < -0.39 is 16.1 Å². The Morgan fingerprint density at radius 3 is 2.42 bits per heavy atom. The van der Waals surface area contributed by atoms with Crippen LogP contribution in [0.25, 0.3) is 11.1 Å². The van der Waals surface area contributed by atoms with Gasteiger partial charge in [0, 0.05) is 35.2 Å². The molecule has 6 nitrogen and oxygen atoms in total. The second kappa shape index (κ2) is 10.2. The first-order chi connectivity index (χ1) is 18.0. The van der Waals surface area contributed by atoms with Gasteiger partial charge in [0.2, 0.25) is 5.95 Å². The number of aryl methyl sites for hydroxylation is 1. The van der Waals surface area contributed by atoms with Crippen molar-refractivity contribution in [1.82, 2.24) is 9.97 Å². The number of rotatable bonds is 3. The molecule has 5 rings (SSSR count). The highest BCUT2D eigenvalue weighted by Crippen LogP contribution is 2.46. The maximum atomic E-state index is 13.1. The van der Waals surface area contributed by atoms with E-state index in [-0.39, 0.29) is 11.1 Å². The maximum Gasteiger partial charge on any atom is 0.226 e. The number of aromatic nitrogens is 2. The maximum absolute atomic E-state index is 13.1. The number of fused-ring (bicyclic) bond motifs is 1. The van der Waals surface area contributed by atoms with E-state index in [1.165, 1.54) is 5.56 Å². The summed E-state index contributed by atoms with van der Waals surface area (Å²) in [5.74, 6) is 0.531. The highest BCUT2D eigenvalue weighted by atomic mass is 35.5. The van der Waals surface area contributed by atoms with Crippen molar-refractivity contribution in [2.24, 2.45) is 9.81 Å². The van der Waals surface area contributed by atoms with Crippen LogP contribution in [-0.4, -0.2) is 38.1 Å². The molecule has 1 aromatic heterocycles. The average molecular weight is 567 g/mol. The zero-order valence-corrected chi connectivity index (χ0v) is 24.2. The molecular formula is C29H29Cl2N5OS. The lowest BCUT2D eigenvalue weighted by Crippen LogP contribution is -2.45. The molecule has 2 aromatic carbocycles. The summed E-state index contributed by atoms with van der Waals surface area (Å²) in [6.07, 6.45) is 2.54. The normalized spacial score (nSPS) is 18.5. The number of hydrogen-bond donors (Lipinski definition) is 0. The van der Waals surface area contributed by atoms with E-state index in [1.807, 2.05) is 39.8 Å². The minimum atomic E-state index is -1.35. The SMILES string of the molecule is Cc1nc(N2CCC3(CC2)Cc2ccccc2/C3=N/[S+]([O-])C(C)(C)C)nc(C#N)c1-c1cccc(Cl)c1Cl. The van der Waals surface area contributed by atoms with E-state index in [0.717, 1.165) is 30.5 Å². The number of anilines is 1. The van der Waals surface area contributed by atoms with Gasteiger partial charge in [-0.15, -0.1) is 0 Å². The average Bonchev–Trinajstić information content (AvgIpc) is 3.17. The van der Waals surface area contributed by atoms with Gasteiger partial charge >= 0.3 is 0 Å². The molecule has 0 amide bonds. The van der Waals surface area contributed by atoms with Crippen molar-refractivity contribution in [2.75, 3.05) is 18.0 Å². The van der Waals surface area contributed by atoms with E-state index >= 15 is 0 Å². The predicted molar refractivity (Wildman–Crippen MR) is 155 cm³/mol. The lowest BCUT2D eigenvalue weighted by atomic mass is 9.74. The summed E-state index contributed by atoms with van der Waals surface area (Å²) >= 11 is 11.3. The van der Waals surface area contributed by atoms with Gasteiger partial charge in [-0.05, 0) is 58.6 Å². The largest absolute Gasteiger partial charge is 0.591 e. The molecule has 1 saturated heterocycles. The van der Waals surface area contributed by atoms with Crippen molar-refractivity contribution in [3.8, 4) is 17.2 Å². The molecule has 3 aromatic rings. The highest BCUT2D eigenvalue weighted by molar-refractivity contribution is 7.91. The van der Waals surface area contributed by atoms with Crippen molar-refractivity contribution in [3.63, 3.8) is 0 Å². The molecule has 2 aliphatic rings. The van der Waals surface area contributed by atoms with Crippen molar-refractivity contribution < 1.29 is 4.55 Å². The number of hydrogen-bond acceptors (Lipinski definition) is 6. The Kier molecular flexibility index (Phi) is 7.21. The Hall–Kier alpha value is -2.63. The van der Waals surface area contributed by atoms with Crippen LogP contribution in [-0.2, 0) is 17.8 Å². The molecule has 0 saturated carbocycles. The molecule has 1 aliphatic heterocycles. The van der Waals surface area contributed by atoms with E-state index in [1.54, 1.807) is 12.1 Å². The quantitative estimate of drug-likeness (QED) is 0.328. The van der Waals surface area contributed by atoms with E-state index in [9.17, 15) is 9.81 Å². The second-order valence-corrected chi connectivity index (χ2v) is 13.6. The summed E-state index contributed by atoms with van der Waals surface area (Å²) in [5.41, 5.74) is 5.34. The monoisotopic (exact) mass is 565 g/mol. The Morgan fingerprint density at radius 2 is 1.74 bits per heavy atom. The van der Waals surface area contributed by atoms with Gasteiger partial charge in [-0.1, -0.05) is 64.0 Å². The molecule has 9 heteroatoms. The fourth-order valence-electron chi connectivity index (χ4n) is 5.35. The third kappa shape index (κ3) is 4.80. The van der Waals surface area contributed by atoms with Gasteiger partial charge in [0.25, 0.3) is 0 Å². The third-order valence-corrected chi connectivity index (χ3v) is 9.63. The zero-order valence-electron chi connectivity index (χ0n) is 21.9. The number of nitriles is 1. The Labute approximate surface area is 237 Å². The summed E-state index contributed by atoms with van der Waals surface area (Å²) in [5, 5.41) is 10.8. The number of piperidine rings is 1. The standard InChI is InChI=1S/C29H29Cl2N5OS/c1-18-24(21-10-7-11-22(30)25(21)31)23(17-32)34-27(33-18)36-14-12-29(13-15-36)16-19-8-5-6-9-20(19)26(29)35-38(37)28(2,3)4/h5-11H,12-16H2,1-4H3/b35-26-. The molecule has 1 spiro atoms. The first kappa shape index (κ1) is 27.0. The molecular weight excluding hydrogens is 537 g/mol. The molecule has 196 valence electrons. The highest BCUT2D eigenvalue weighted by Gasteiger charge is 2.47. The van der Waals surface area contributed by atoms with Gasteiger partial charge in [0.05, 0.1) is 15.7 Å². The second-order valence-electron chi connectivity index (χ2n) is 10.9. The lowest BCUT2D eigenvalue weighted by Gasteiger charge is -2.39. The summed E-state index contributed by atoms with van der Waals surface area (Å²) in [4.78, 5) is 11.6. The molecule has 0 N–H and O–H groups in total. The van der Waals surface area contributed by atoms with Gasteiger partial charge in [-0.25, -0.2) is 9.97 Å². The van der Waals surface area contributed by atoms with Crippen molar-refractivity contribution in [3.05, 3.63) is 75.0 Å². The Morgan fingerprint density at radius 1 is 1.05 bits per heavy atom. The van der Waals surface area contributed by atoms with Crippen LogP contribution < -0.4 is 4.90 Å². The van der Waals surface area contributed by atoms with Gasteiger partial charge in [0.15, 0.2) is 5.69 Å². The summed E-state index contributed by atoms with van der Waals surface area (Å²) < 4.78 is 17.5. The molecule has 0 bridgehead atoms.